The fourth-order valence-corrected chi connectivity index (χ4v) is 2.35. The van der Waals surface area contributed by atoms with Crippen LogP contribution in [0.15, 0.2) is 0 Å². The molecule has 0 radical (unpaired) electrons. The molecule has 5 N–H and O–H groups in total. The summed E-state index contributed by atoms with van der Waals surface area (Å²) in [5.41, 5.74) is 0.390. The molecule has 2 aromatic heterocycles. The summed E-state index contributed by atoms with van der Waals surface area (Å²) in [6, 6.07) is 0. The second kappa shape index (κ2) is 6.83. The van der Waals surface area contributed by atoms with Crippen LogP contribution in [0.1, 0.15) is 26.7 Å². The Bertz CT molecular complexity index is 754. The maximum Gasteiger partial charge on any atom is 0.225 e. The lowest BCUT2D eigenvalue weighted by molar-refractivity contribution is 0.0944. The quantitative estimate of drug-likeness (QED) is 0.484. The van der Waals surface area contributed by atoms with E-state index in [9.17, 15) is 5.11 Å². The molecule has 0 amide bonds. The molecular formula is C16H26N8O. The lowest BCUT2D eigenvalue weighted by Gasteiger charge is -2.19. The largest absolute Gasteiger partial charge is 0.389 e. The van der Waals surface area contributed by atoms with Crippen molar-refractivity contribution in [1.82, 2.24) is 19.9 Å². The van der Waals surface area contributed by atoms with Gasteiger partial charge in [-0.3, -0.25) is 0 Å². The van der Waals surface area contributed by atoms with Gasteiger partial charge in [0.2, 0.25) is 11.9 Å². The van der Waals surface area contributed by atoms with Crippen LogP contribution in [-0.2, 0) is 0 Å². The minimum Gasteiger partial charge on any atom is -0.389 e. The molecule has 1 saturated carbocycles. The first kappa shape index (κ1) is 17.4. The van der Waals surface area contributed by atoms with Crippen molar-refractivity contribution in [3.8, 4) is 0 Å². The van der Waals surface area contributed by atoms with Crippen LogP contribution in [0.25, 0.3) is 11.0 Å². The summed E-state index contributed by atoms with van der Waals surface area (Å²) in [5, 5.41) is 22.5. The molecule has 9 heteroatoms. The normalized spacial score (nSPS) is 14.4. The molecule has 136 valence electrons. The highest BCUT2D eigenvalue weighted by Crippen LogP contribution is 2.31. The number of anilines is 4. The molecule has 2 heterocycles. The van der Waals surface area contributed by atoms with Gasteiger partial charge in [-0.25, -0.2) is 9.97 Å². The van der Waals surface area contributed by atoms with Gasteiger partial charge in [-0.05, 0) is 32.6 Å². The Morgan fingerprint density at radius 2 is 1.44 bits per heavy atom. The lowest BCUT2D eigenvalue weighted by Crippen LogP contribution is -2.29. The van der Waals surface area contributed by atoms with E-state index >= 15 is 0 Å². The van der Waals surface area contributed by atoms with Crippen molar-refractivity contribution in [2.75, 3.05) is 48.5 Å². The van der Waals surface area contributed by atoms with E-state index in [1.54, 1.807) is 27.9 Å². The van der Waals surface area contributed by atoms with Crippen molar-refractivity contribution in [2.45, 2.75) is 32.3 Å². The molecule has 9 nitrogen and oxygen atoms in total. The third-order valence-electron chi connectivity index (χ3n) is 3.93. The summed E-state index contributed by atoms with van der Waals surface area (Å²) in [6.45, 7) is 4.69. The van der Waals surface area contributed by atoms with Crippen LogP contribution in [0.4, 0.5) is 23.5 Å². The van der Waals surface area contributed by atoms with Crippen molar-refractivity contribution in [2.24, 2.45) is 5.92 Å². The van der Waals surface area contributed by atoms with Gasteiger partial charge in [-0.1, -0.05) is 0 Å². The zero-order valence-corrected chi connectivity index (χ0v) is 15.1. The van der Waals surface area contributed by atoms with Gasteiger partial charge in [0.1, 0.15) is 11.0 Å². The summed E-state index contributed by atoms with van der Waals surface area (Å²) in [4.78, 5) is 18.0. The number of fused-ring (bicyclic) bond motifs is 1. The molecule has 1 fully saturated rings. The van der Waals surface area contributed by atoms with Gasteiger partial charge in [0, 0.05) is 27.2 Å². The molecular weight excluding hydrogens is 320 g/mol. The second-order valence-corrected chi connectivity index (χ2v) is 6.98. The Morgan fingerprint density at radius 3 is 1.88 bits per heavy atom. The van der Waals surface area contributed by atoms with Crippen molar-refractivity contribution in [3.05, 3.63) is 0 Å². The number of hydrogen-bond acceptors (Lipinski definition) is 9. The molecule has 0 bridgehead atoms. The van der Waals surface area contributed by atoms with E-state index in [2.05, 4.69) is 41.2 Å². The van der Waals surface area contributed by atoms with Gasteiger partial charge in [0.05, 0.1) is 5.60 Å². The van der Waals surface area contributed by atoms with E-state index in [1.807, 2.05) is 0 Å². The monoisotopic (exact) mass is 346 g/mol. The first-order valence-corrected chi connectivity index (χ1v) is 8.55. The van der Waals surface area contributed by atoms with Crippen LogP contribution in [0.3, 0.4) is 0 Å². The molecule has 3 rings (SSSR count). The molecule has 0 unspecified atom stereocenters. The summed E-state index contributed by atoms with van der Waals surface area (Å²) in [6.07, 6.45) is 2.51. The molecule has 0 aromatic carbocycles. The second-order valence-electron chi connectivity index (χ2n) is 6.98. The van der Waals surface area contributed by atoms with Gasteiger partial charge in [-0.15, -0.1) is 0 Å². The highest BCUT2D eigenvalue weighted by Gasteiger charge is 2.23. The fourth-order valence-electron chi connectivity index (χ4n) is 2.35. The number of hydrogen-bond donors (Lipinski definition) is 5. The van der Waals surface area contributed by atoms with E-state index < -0.39 is 5.60 Å². The Labute approximate surface area is 147 Å². The topological polar surface area (TPSA) is 120 Å². The Kier molecular flexibility index (Phi) is 4.76. The van der Waals surface area contributed by atoms with E-state index in [1.165, 1.54) is 12.8 Å². The summed E-state index contributed by atoms with van der Waals surface area (Å²) in [5.74, 6) is 2.93. The van der Waals surface area contributed by atoms with Crippen LogP contribution in [-0.4, -0.2) is 57.8 Å². The number of aliphatic hydroxyl groups is 1. The average Bonchev–Trinajstić information content (AvgIpc) is 3.40. The highest BCUT2D eigenvalue weighted by molar-refractivity contribution is 5.94. The van der Waals surface area contributed by atoms with Crippen molar-refractivity contribution in [3.63, 3.8) is 0 Å². The summed E-state index contributed by atoms with van der Waals surface area (Å²) in [7, 11) is 3.54. The molecule has 2 aromatic rings. The van der Waals surface area contributed by atoms with E-state index in [0.29, 0.717) is 47.0 Å². The zero-order valence-electron chi connectivity index (χ0n) is 15.1. The van der Waals surface area contributed by atoms with Gasteiger partial charge in [0.25, 0.3) is 0 Å². The number of rotatable bonds is 8. The van der Waals surface area contributed by atoms with Crippen LogP contribution < -0.4 is 21.3 Å². The molecule has 1 aliphatic rings. The Balaban J connectivity index is 2.04. The first-order valence-electron chi connectivity index (χ1n) is 8.55. The van der Waals surface area contributed by atoms with Crippen LogP contribution in [0.2, 0.25) is 0 Å². The maximum atomic E-state index is 10.0. The van der Waals surface area contributed by atoms with Gasteiger partial charge in [0.15, 0.2) is 11.6 Å². The van der Waals surface area contributed by atoms with E-state index in [4.69, 9.17) is 0 Å². The first-order chi connectivity index (χ1) is 11.9. The lowest BCUT2D eigenvalue weighted by atomic mass is 10.1. The number of nitrogens with zero attached hydrogens (tertiary/aromatic N) is 4. The van der Waals surface area contributed by atoms with Crippen LogP contribution in [0.5, 0.6) is 0 Å². The summed E-state index contributed by atoms with van der Waals surface area (Å²) < 4.78 is 0. The summed E-state index contributed by atoms with van der Waals surface area (Å²) >= 11 is 0. The van der Waals surface area contributed by atoms with E-state index in [-0.39, 0.29) is 0 Å². The third kappa shape index (κ3) is 4.36. The van der Waals surface area contributed by atoms with Crippen molar-refractivity contribution >= 4 is 34.6 Å². The predicted molar refractivity (Wildman–Crippen MR) is 100 cm³/mol. The SMILES string of the molecule is CNc1nc(NCC(C)(C)O)c2nc(NC)nc(NCC3CC3)c2n1. The zero-order chi connectivity index (χ0) is 18.0. The van der Waals surface area contributed by atoms with Crippen molar-refractivity contribution in [1.29, 1.82) is 0 Å². The van der Waals surface area contributed by atoms with Crippen molar-refractivity contribution < 1.29 is 5.11 Å². The smallest absolute Gasteiger partial charge is 0.225 e. The maximum absolute atomic E-state index is 10.0. The number of nitrogens with one attached hydrogen (secondary N) is 4. The minimum absolute atomic E-state index is 0.339. The van der Waals surface area contributed by atoms with Crippen LogP contribution in [0, 0.1) is 5.92 Å². The van der Waals surface area contributed by atoms with Gasteiger partial charge in [-0.2, -0.15) is 9.97 Å². The number of aromatic nitrogens is 4. The molecule has 1 aliphatic carbocycles. The highest BCUT2D eigenvalue weighted by atomic mass is 16.3. The Hall–Kier alpha value is -2.42. The standard InChI is InChI=1S/C16H26N8O/c1-16(2,25)8-20-13-11-10(21-15(18-4)24-13)12(19-7-9-5-6-9)23-14(17-3)22-11/h9,25H,5-8H2,1-4H3,(H2,17,19,22,23)(H2,18,20,21,24). The molecule has 0 aliphatic heterocycles. The fraction of sp³-hybridized carbons (Fsp3) is 0.625. The minimum atomic E-state index is -0.872. The predicted octanol–water partition coefficient (Wildman–Crippen LogP) is 1.51. The van der Waals surface area contributed by atoms with Gasteiger partial charge < -0.3 is 26.4 Å². The third-order valence-corrected chi connectivity index (χ3v) is 3.93. The Morgan fingerprint density at radius 1 is 0.920 bits per heavy atom. The molecule has 0 spiro atoms. The molecule has 0 atom stereocenters. The molecule has 0 saturated heterocycles. The van der Waals surface area contributed by atoms with Crippen LogP contribution >= 0.6 is 0 Å². The van der Waals surface area contributed by atoms with Gasteiger partial charge >= 0.3 is 0 Å². The van der Waals surface area contributed by atoms with E-state index in [0.717, 1.165) is 6.54 Å². The molecule has 25 heavy (non-hydrogen) atoms. The average molecular weight is 346 g/mol.